The van der Waals surface area contributed by atoms with Gasteiger partial charge in [-0.3, -0.25) is 9.78 Å². The molecule has 30 heavy (non-hydrogen) atoms. The highest BCUT2D eigenvalue weighted by atomic mass is 16.5. The highest BCUT2D eigenvalue weighted by Crippen LogP contribution is 2.28. The van der Waals surface area contributed by atoms with Crippen molar-refractivity contribution in [2.45, 2.75) is 13.2 Å². The number of ether oxygens (including phenoxy) is 1. The van der Waals surface area contributed by atoms with Crippen LogP contribution in [0.1, 0.15) is 11.3 Å². The molecule has 0 unspecified atom stereocenters. The quantitative estimate of drug-likeness (QED) is 0.452. The normalized spacial score (nSPS) is 11.4. The summed E-state index contributed by atoms with van der Waals surface area (Å²) in [7, 11) is 1.62. The lowest BCUT2D eigenvalue weighted by Gasteiger charge is -2.07. The molecule has 0 saturated carbocycles. The van der Waals surface area contributed by atoms with Gasteiger partial charge in [0, 0.05) is 25.7 Å². The van der Waals surface area contributed by atoms with Crippen molar-refractivity contribution in [3.05, 3.63) is 88.7 Å². The predicted molar refractivity (Wildman–Crippen MR) is 112 cm³/mol. The van der Waals surface area contributed by atoms with E-state index in [-0.39, 0.29) is 11.1 Å². The predicted octanol–water partition coefficient (Wildman–Crippen LogP) is 2.70. The summed E-state index contributed by atoms with van der Waals surface area (Å²) in [5.41, 5.74) is 4.73. The first-order chi connectivity index (χ1) is 14.8. The summed E-state index contributed by atoms with van der Waals surface area (Å²) in [4.78, 5) is 17.1. The first kappa shape index (κ1) is 18.1. The van der Waals surface area contributed by atoms with E-state index < -0.39 is 0 Å². The summed E-state index contributed by atoms with van der Waals surface area (Å²) in [6.07, 6.45) is 5.19. The molecule has 0 radical (unpaired) electrons. The molecule has 4 aromatic heterocycles. The van der Waals surface area contributed by atoms with E-state index in [1.165, 1.54) is 0 Å². The average Bonchev–Trinajstić information content (AvgIpc) is 3.15. The summed E-state index contributed by atoms with van der Waals surface area (Å²) in [5, 5.41) is 13.3. The molecule has 8 nitrogen and oxygen atoms in total. The van der Waals surface area contributed by atoms with E-state index in [1.807, 2.05) is 48.5 Å². The van der Waals surface area contributed by atoms with Crippen LogP contribution in [0, 0.1) is 0 Å². The van der Waals surface area contributed by atoms with Gasteiger partial charge in [-0.15, -0.1) is 10.2 Å². The van der Waals surface area contributed by atoms with Crippen LogP contribution in [-0.2, 0) is 17.9 Å². The second-order valence-electron chi connectivity index (χ2n) is 6.90. The van der Waals surface area contributed by atoms with E-state index in [4.69, 9.17) is 9.84 Å². The maximum atomic E-state index is 13.0. The largest absolute Gasteiger partial charge is 0.378 e. The fraction of sp³-hybridized carbons (Fsp3) is 0.136. The highest BCUT2D eigenvalue weighted by Gasteiger charge is 2.19. The van der Waals surface area contributed by atoms with Crippen molar-refractivity contribution in [2.24, 2.45) is 0 Å². The second-order valence-corrected chi connectivity index (χ2v) is 6.90. The van der Waals surface area contributed by atoms with E-state index in [0.29, 0.717) is 24.3 Å². The van der Waals surface area contributed by atoms with Gasteiger partial charge in [0.2, 0.25) is 0 Å². The number of nitrogens with zero attached hydrogens (tertiary/aromatic N) is 6. The van der Waals surface area contributed by atoms with E-state index in [1.54, 1.807) is 34.8 Å². The molecule has 0 atom stereocenters. The van der Waals surface area contributed by atoms with Crippen LogP contribution in [0.15, 0.2) is 71.9 Å². The Hall–Kier alpha value is -3.91. The van der Waals surface area contributed by atoms with E-state index in [9.17, 15) is 4.79 Å². The molecule has 0 N–H and O–H groups in total. The molecule has 5 rings (SSSR count). The number of benzene rings is 1. The molecule has 0 aliphatic rings. The Morgan fingerprint density at radius 2 is 1.90 bits per heavy atom. The summed E-state index contributed by atoms with van der Waals surface area (Å²) in [6, 6.07) is 15.5. The molecule has 0 spiro atoms. The zero-order valence-electron chi connectivity index (χ0n) is 16.3. The van der Waals surface area contributed by atoms with Crippen molar-refractivity contribution in [3.8, 4) is 11.1 Å². The first-order valence-electron chi connectivity index (χ1n) is 9.47. The topological polar surface area (TPSA) is 87.2 Å². The van der Waals surface area contributed by atoms with Gasteiger partial charge in [-0.1, -0.05) is 36.4 Å². The Morgan fingerprint density at radius 1 is 1.03 bits per heavy atom. The Labute approximate surface area is 171 Å². The molecular formula is C22H18N6O2. The SMILES string of the molecule is COCc1nn2c(nnc3c(=O)n(Cc4cccnc4)ccc32)c1-c1ccccc1. The lowest BCUT2D eigenvalue weighted by molar-refractivity contribution is 0.181. The Morgan fingerprint density at radius 3 is 2.67 bits per heavy atom. The Bertz CT molecular complexity index is 1390. The number of methoxy groups -OCH3 is 1. The van der Waals surface area contributed by atoms with E-state index in [2.05, 4.69) is 15.2 Å². The fourth-order valence-electron chi connectivity index (χ4n) is 3.58. The molecule has 0 fully saturated rings. The standard InChI is InChI=1S/C22H18N6O2/c1-30-14-17-19(16-7-3-2-4-8-16)21-25-24-20-18(28(21)26-17)9-11-27(22(20)29)13-15-6-5-10-23-12-15/h2-12H,13-14H2,1H3. The maximum Gasteiger partial charge on any atom is 0.280 e. The van der Waals surface area contributed by atoms with Crippen molar-refractivity contribution in [1.82, 2.24) is 29.4 Å². The maximum absolute atomic E-state index is 13.0. The van der Waals surface area contributed by atoms with Crippen LogP contribution >= 0.6 is 0 Å². The third kappa shape index (κ3) is 3.03. The lowest BCUT2D eigenvalue weighted by Crippen LogP contribution is -2.22. The summed E-state index contributed by atoms with van der Waals surface area (Å²) < 4.78 is 8.62. The van der Waals surface area contributed by atoms with Gasteiger partial charge in [0.1, 0.15) is 5.52 Å². The van der Waals surface area contributed by atoms with Gasteiger partial charge in [-0.2, -0.15) is 5.10 Å². The molecule has 0 saturated heterocycles. The molecule has 0 amide bonds. The first-order valence-corrected chi connectivity index (χ1v) is 9.47. The van der Waals surface area contributed by atoms with Crippen molar-refractivity contribution >= 4 is 16.7 Å². The summed E-state index contributed by atoms with van der Waals surface area (Å²) >= 11 is 0. The molecule has 0 bridgehead atoms. The highest BCUT2D eigenvalue weighted by molar-refractivity contribution is 5.84. The van der Waals surface area contributed by atoms with E-state index in [0.717, 1.165) is 22.4 Å². The smallest absolute Gasteiger partial charge is 0.280 e. The van der Waals surface area contributed by atoms with Crippen molar-refractivity contribution in [1.29, 1.82) is 0 Å². The second kappa shape index (κ2) is 7.49. The molecule has 4 heterocycles. The van der Waals surface area contributed by atoms with Crippen LogP contribution in [0.5, 0.6) is 0 Å². The van der Waals surface area contributed by atoms with Gasteiger partial charge in [-0.05, 0) is 23.3 Å². The minimum atomic E-state index is -0.226. The Balaban J connectivity index is 1.70. The van der Waals surface area contributed by atoms with Gasteiger partial charge in [-0.25, -0.2) is 4.52 Å². The van der Waals surface area contributed by atoms with Gasteiger partial charge >= 0.3 is 0 Å². The molecule has 1 aromatic carbocycles. The van der Waals surface area contributed by atoms with Crippen LogP contribution in [0.25, 0.3) is 27.8 Å². The number of hydrogen-bond acceptors (Lipinski definition) is 6. The van der Waals surface area contributed by atoms with Crippen LogP contribution in [0.2, 0.25) is 0 Å². The van der Waals surface area contributed by atoms with E-state index >= 15 is 0 Å². The number of pyridine rings is 2. The van der Waals surface area contributed by atoms with Gasteiger partial charge < -0.3 is 9.30 Å². The lowest BCUT2D eigenvalue weighted by atomic mass is 10.1. The molecule has 5 aromatic rings. The summed E-state index contributed by atoms with van der Waals surface area (Å²) in [5.74, 6) is 0. The van der Waals surface area contributed by atoms with Crippen LogP contribution < -0.4 is 5.56 Å². The Kier molecular flexibility index (Phi) is 4.53. The van der Waals surface area contributed by atoms with Gasteiger partial charge in [0.05, 0.1) is 24.4 Å². The zero-order valence-corrected chi connectivity index (χ0v) is 16.3. The summed E-state index contributed by atoms with van der Waals surface area (Å²) in [6.45, 7) is 0.735. The van der Waals surface area contributed by atoms with Crippen molar-refractivity contribution in [2.75, 3.05) is 7.11 Å². The van der Waals surface area contributed by atoms with Crippen LogP contribution in [0.3, 0.4) is 0 Å². The molecular weight excluding hydrogens is 380 g/mol. The molecule has 148 valence electrons. The van der Waals surface area contributed by atoms with Crippen molar-refractivity contribution in [3.63, 3.8) is 0 Å². The number of rotatable bonds is 5. The average molecular weight is 398 g/mol. The third-order valence-electron chi connectivity index (χ3n) is 4.94. The molecule has 8 heteroatoms. The number of aromatic nitrogens is 6. The van der Waals surface area contributed by atoms with Crippen LogP contribution in [0.4, 0.5) is 0 Å². The molecule has 0 aliphatic carbocycles. The minimum Gasteiger partial charge on any atom is -0.378 e. The minimum absolute atomic E-state index is 0.226. The number of hydrogen-bond donors (Lipinski definition) is 0. The van der Waals surface area contributed by atoms with Crippen LogP contribution in [-0.4, -0.2) is 36.5 Å². The van der Waals surface area contributed by atoms with Gasteiger partial charge in [0.15, 0.2) is 11.2 Å². The third-order valence-corrected chi connectivity index (χ3v) is 4.94. The monoisotopic (exact) mass is 398 g/mol. The van der Waals surface area contributed by atoms with Gasteiger partial charge in [0.25, 0.3) is 5.56 Å². The van der Waals surface area contributed by atoms with Crippen molar-refractivity contribution < 1.29 is 4.74 Å². The number of fused-ring (bicyclic) bond motifs is 3. The zero-order chi connectivity index (χ0) is 20.5. The fourth-order valence-corrected chi connectivity index (χ4v) is 3.58. The molecule has 0 aliphatic heterocycles.